The van der Waals surface area contributed by atoms with Crippen molar-refractivity contribution in [2.75, 3.05) is 26.6 Å². The first-order valence-corrected chi connectivity index (χ1v) is 8.63. The second-order valence-electron chi connectivity index (χ2n) is 6.37. The minimum atomic E-state index is -0.385. The van der Waals surface area contributed by atoms with Crippen LogP contribution in [0.3, 0.4) is 0 Å². The number of nitrogens with zero attached hydrogens (tertiary/aromatic N) is 2. The van der Waals surface area contributed by atoms with E-state index in [2.05, 4.69) is 11.4 Å². The fraction of sp³-hybridized carbons (Fsp3) is 0.333. The van der Waals surface area contributed by atoms with E-state index in [1.54, 1.807) is 38.5 Å². The van der Waals surface area contributed by atoms with Crippen molar-refractivity contribution in [1.29, 1.82) is 5.26 Å². The fourth-order valence-corrected chi connectivity index (χ4v) is 2.73. The summed E-state index contributed by atoms with van der Waals surface area (Å²) in [5.41, 5.74) is 3.07. The number of amides is 1. The van der Waals surface area contributed by atoms with E-state index in [-0.39, 0.29) is 11.9 Å². The largest absolute Gasteiger partial charge is 0.493 e. The van der Waals surface area contributed by atoms with Gasteiger partial charge in [0.2, 0.25) is 5.91 Å². The average molecular weight is 367 g/mol. The Hall–Kier alpha value is -3.04. The first-order valence-electron chi connectivity index (χ1n) is 8.63. The van der Waals surface area contributed by atoms with Crippen molar-refractivity contribution in [3.8, 4) is 17.6 Å². The summed E-state index contributed by atoms with van der Waals surface area (Å²) in [6, 6.07) is 12.5. The van der Waals surface area contributed by atoms with E-state index in [1.807, 2.05) is 37.9 Å². The molecule has 0 bridgehead atoms. The van der Waals surface area contributed by atoms with E-state index in [0.29, 0.717) is 29.3 Å². The molecule has 0 aliphatic carbocycles. The SMILES string of the molecule is COc1cc(C)c(CN(C)[C@@H](C)C(=O)Nc2ccccc2C#N)cc1OC. The third kappa shape index (κ3) is 4.78. The molecule has 0 fully saturated rings. The standard InChI is InChI=1S/C21H25N3O3/c1-14-10-19(26-4)20(27-5)11-17(14)13-24(3)15(2)21(25)23-18-9-7-6-8-16(18)12-22/h6-11,15H,13H2,1-5H3,(H,23,25)/t15-/m0/s1. The van der Waals surface area contributed by atoms with Crippen molar-refractivity contribution in [2.24, 2.45) is 0 Å². The summed E-state index contributed by atoms with van der Waals surface area (Å²) in [5.74, 6) is 1.17. The highest BCUT2D eigenvalue weighted by Crippen LogP contribution is 2.31. The molecule has 27 heavy (non-hydrogen) atoms. The summed E-state index contributed by atoms with van der Waals surface area (Å²) in [4.78, 5) is 14.6. The van der Waals surface area contributed by atoms with E-state index in [9.17, 15) is 4.79 Å². The minimum Gasteiger partial charge on any atom is -0.493 e. The zero-order chi connectivity index (χ0) is 20.0. The number of benzene rings is 2. The van der Waals surface area contributed by atoms with Gasteiger partial charge in [-0.25, -0.2) is 0 Å². The van der Waals surface area contributed by atoms with E-state index >= 15 is 0 Å². The van der Waals surface area contributed by atoms with Gasteiger partial charge in [0.1, 0.15) is 6.07 Å². The van der Waals surface area contributed by atoms with Crippen LogP contribution < -0.4 is 14.8 Å². The van der Waals surface area contributed by atoms with Crippen LogP contribution in [0, 0.1) is 18.3 Å². The average Bonchev–Trinajstić information content (AvgIpc) is 2.68. The van der Waals surface area contributed by atoms with Crippen molar-refractivity contribution in [3.63, 3.8) is 0 Å². The van der Waals surface area contributed by atoms with Crippen LogP contribution in [0.25, 0.3) is 0 Å². The van der Waals surface area contributed by atoms with Gasteiger partial charge in [-0.05, 0) is 56.3 Å². The van der Waals surface area contributed by atoms with Crippen LogP contribution in [-0.2, 0) is 11.3 Å². The number of rotatable bonds is 7. The smallest absolute Gasteiger partial charge is 0.241 e. The molecule has 0 radical (unpaired) electrons. The molecule has 0 aromatic heterocycles. The van der Waals surface area contributed by atoms with Crippen LogP contribution in [0.4, 0.5) is 5.69 Å². The summed E-state index contributed by atoms with van der Waals surface area (Å²) in [6.07, 6.45) is 0. The zero-order valence-corrected chi connectivity index (χ0v) is 16.4. The van der Waals surface area contributed by atoms with Crippen LogP contribution in [0.1, 0.15) is 23.6 Å². The fourth-order valence-electron chi connectivity index (χ4n) is 2.73. The van der Waals surface area contributed by atoms with E-state index in [1.165, 1.54) is 0 Å². The lowest BCUT2D eigenvalue weighted by Crippen LogP contribution is -2.39. The van der Waals surface area contributed by atoms with Crippen molar-refractivity contribution >= 4 is 11.6 Å². The molecule has 2 rings (SSSR count). The summed E-state index contributed by atoms with van der Waals surface area (Å²) in [6.45, 7) is 4.40. The van der Waals surface area contributed by atoms with Gasteiger partial charge in [0.05, 0.1) is 31.5 Å². The lowest BCUT2D eigenvalue weighted by molar-refractivity contribution is -0.120. The number of hydrogen-bond acceptors (Lipinski definition) is 5. The van der Waals surface area contributed by atoms with Crippen molar-refractivity contribution in [3.05, 3.63) is 53.1 Å². The molecule has 0 unspecified atom stereocenters. The maximum Gasteiger partial charge on any atom is 0.241 e. The number of para-hydroxylation sites is 1. The highest BCUT2D eigenvalue weighted by atomic mass is 16.5. The van der Waals surface area contributed by atoms with Gasteiger partial charge < -0.3 is 14.8 Å². The first-order chi connectivity index (χ1) is 12.9. The van der Waals surface area contributed by atoms with Crippen molar-refractivity contribution < 1.29 is 14.3 Å². The molecule has 0 saturated heterocycles. The van der Waals surface area contributed by atoms with Crippen LogP contribution >= 0.6 is 0 Å². The predicted molar refractivity (Wildman–Crippen MR) is 105 cm³/mol. The summed E-state index contributed by atoms with van der Waals surface area (Å²) < 4.78 is 10.7. The Kier molecular flexibility index (Phi) is 6.80. The van der Waals surface area contributed by atoms with Crippen molar-refractivity contribution in [1.82, 2.24) is 4.90 Å². The van der Waals surface area contributed by atoms with Crippen LogP contribution in [0.15, 0.2) is 36.4 Å². The van der Waals surface area contributed by atoms with Gasteiger partial charge in [-0.3, -0.25) is 9.69 Å². The highest BCUT2D eigenvalue weighted by molar-refractivity contribution is 5.95. The molecule has 0 spiro atoms. The van der Waals surface area contributed by atoms with E-state index in [0.717, 1.165) is 11.1 Å². The Morgan fingerprint density at radius 3 is 2.48 bits per heavy atom. The van der Waals surface area contributed by atoms with Gasteiger partial charge in [0.15, 0.2) is 11.5 Å². The molecule has 0 aliphatic rings. The second kappa shape index (κ2) is 9.06. The number of methoxy groups -OCH3 is 2. The second-order valence-corrected chi connectivity index (χ2v) is 6.37. The molecule has 2 aromatic rings. The number of ether oxygens (including phenoxy) is 2. The predicted octanol–water partition coefficient (Wildman–Crippen LogP) is 3.34. The molecule has 142 valence electrons. The van der Waals surface area contributed by atoms with Crippen LogP contribution in [0.5, 0.6) is 11.5 Å². The molecule has 6 nitrogen and oxygen atoms in total. The van der Waals surface area contributed by atoms with Gasteiger partial charge in [0.25, 0.3) is 0 Å². The molecule has 1 atom stereocenters. The summed E-state index contributed by atoms with van der Waals surface area (Å²) in [7, 11) is 5.09. The molecule has 0 heterocycles. The number of hydrogen-bond donors (Lipinski definition) is 1. The van der Waals surface area contributed by atoms with Gasteiger partial charge in [-0.1, -0.05) is 12.1 Å². The van der Waals surface area contributed by atoms with Crippen LogP contribution in [0.2, 0.25) is 0 Å². The maximum atomic E-state index is 12.6. The molecule has 0 aliphatic heterocycles. The van der Waals surface area contributed by atoms with E-state index in [4.69, 9.17) is 14.7 Å². The zero-order valence-electron chi connectivity index (χ0n) is 16.4. The Bertz CT molecular complexity index is 858. The first kappa shape index (κ1) is 20.3. The number of carbonyl (C=O) groups is 1. The molecular formula is C21H25N3O3. The van der Waals surface area contributed by atoms with Gasteiger partial charge in [-0.15, -0.1) is 0 Å². The number of nitriles is 1. The topological polar surface area (TPSA) is 74.6 Å². The van der Waals surface area contributed by atoms with Crippen molar-refractivity contribution in [2.45, 2.75) is 26.4 Å². The molecule has 0 saturated carbocycles. The third-order valence-corrected chi connectivity index (χ3v) is 4.61. The van der Waals surface area contributed by atoms with Crippen LogP contribution in [-0.4, -0.2) is 38.1 Å². The lowest BCUT2D eigenvalue weighted by atomic mass is 10.1. The Morgan fingerprint density at radius 2 is 1.85 bits per heavy atom. The van der Waals surface area contributed by atoms with Gasteiger partial charge >= 0.3 is 0 Å². The maximum absolute atomic E-state index is 12.6. The number of nitrogens with one attached hydrogen (secondary N) is 1. The summed E-state index contributed by atoms with van der Waals surface area (Å²) in [5, 5.41) is 12.0. The van der Waals surface area contributed by atoms with Gasteiger partial charge in [0, 0.05) is 6.54 Å². The lowest BCUT2D eigenvalue weighted by Gasteiger charge is -2.25. The molecule has 1 N–H and O–H groups in total. The van der Waals surface area contributed by atoms with Gasteiger partial charge in [-0.2, -0.15) is 5.26 Å². The normalized spacial score (nSPS) is 11.6. The molecule has 2 aromatic carbocycles. The van der Waals surface area contributed by atoms with E-state index < -0.39 is 0 Å². The summed E-state index contributed by atoms with van der Waals surface area (Å²) >= 11 is 0. The highest BCUT2D eigenvalue weighted by Gasteiger charge is 2.20. The Labute approximate surface area is 160 Å². The quantitative estimate of drug-likeness (QED) is 0.812. The Balaban J connectivity index is 2.12. The Morgan fingerprint density at radius 1 is 1.22 bits per heavy atom. The number of likely N-dealkylation sites (N-methyl/N-ethyl adjacent to an activating group) is 1. The third-order valence-electron chi connectivity index (χ3n) is 4.61. The molecular weight excluding hydrogens is 342 g/mol. The number of carbonyl (C=O) groups excluding carboxylic acids is 1. The molecule has 1 amide bonds. The number of anilines is 1. The molecule has 6 heteroatoms. The minimum absolute atomic E-state index is 0.168. The monoisotopic (exact) mass is 367 g/mol. The number of aryl methyl sites for hydroxylation is 1.